The molecule has 0 radical (unpaired) electrons. The normalized spacial score (nSPS) is 13.1. The van der Waals surface area contributed by atoms with Gasteiger partial charge >= 0.3 is 0 Å². The molecule has 2 heterocycles. The molecular weight excluding hydrogens is 384 g/mol. The van der Waals surface area contributed by atoms with Crippen molar-refractivity contribution in [2.75, 3.05) is 13.2 Å². The molecule has 0 saturated carbocycles. The fraction of sp³-hybridized carbons (Fsp3) is 0.318. The predicted octanol–water partition coefficient (Wildman–Crippen LogP) is 1.00. The molecule has 0 aliphatic rings. The maximum atomic E-state index is 12.6. The van der Waals surface area contributed by atoms with Crippen molar-refractivity contribution in [2.45, 2.75) is 31.9 Å². The molecule has 3 rings (SSSR count). The molecule has 4 N–H and O–H groups in total. The fourth-order valence-electron chi connectivity index (χ4n) is 3.16. The Labute approximate surface area is 174 Å². The van der Waals surface area contributed by atoms with Crippen LogP contribution in [0.15, 0.2) is 55.0 Å². The number of carbonyl (C=O) groups is 1. The molecule has 2 aromatic heterocycles. The van der Waals surface area contributed by atoms with E-state index in [9.17, 15) is 9.90 Å². The van der Waals surface area contributed by atoms with Crippen molar-refractivity contribution in [3.05, 3.63) is 77.4 Å². The van der Waals surface area contributed by atoms with Crippen molar-refractivity contribution in [1.82, 2.24) is 20.1 Å². The number of aromatic nitrogens is 3. The third kappa shape index (κ3) is 5.29. The van der Waals surface area contributed by atoms with E-state index in [1.807, 2.05) is 43.5 Å². The van der Waals surface area contributed by atoms with Gasteiger partial charge in [-0.15, -0.1) is 0 Å². The van der Waals surface area contributed by atoms with E-state index in [-0.39, 0.29) is 18.7 Å². The zero-order valence-electron chi connectivity index (χ0n) is 16.8. The Morgan fingerprint density at radius 2 is 2.00 bits per heavy atom. The minimum atomic E-state index is -1.15. The summed E-state index contributed by atoms with van der Waals surface area (Å²) in [5, 5.41) is 34.9. The third-order valence-electron chi connectivity index (χ3n) is 4.96. The lowest BCUT2D eigenvalue weighted by Crippen LogP contribution is -2.45. The maximum absolute atomic E-state index is 12.6. The molecule has 8 heteroatoms. The Morgan fingerprint density at radius 3 is 2.63 bits per heavy atom. The minimum absolute atomic E-state index is 0.134. The van der Waals surface area contributed by atoms with Gasteiger partial charge in [0, 0.05) is 25.2 Å². The number of pyridine rings is 1. The van der Waals surface area contributed by atoms with Crippen molar-refractivity contribution in [3.8, 4) is 5.69 Å². The number of aryl methyl sites for hydroxylation is 1. The van der Waals surface area contributed by atoms with Crippen LogP contribution < -0.4 is 5.32 Å². The summed E-state index contributed by atoms with van der Waals surface area (Å²) >= 11 is 0. The molecule has 1 amide bonds. The van der Waals surface area contributed by atoms with Crippen LogP contribution in [-0.4, -0.2) is 61.4 Å². The van der Waals surface area contributed by atoms with Crippen LogP contribution in [0.3, 0.4) is 0 Å². The number of aliphatic hydroxyl groups excluding tert-OH is 3. The number of carbonyl (C=O) groups excluding carboxylic acids is 1. The summed E-state index contributed by atoms with van der Waals surface area (Å²) in [5.41, 5.74) is 4.19. The van der Waals surface area contributed by atoms with Crippen LogP contribution in [0.25, 0.3) is 5.69 Å². The van der Waals surface area contributed by atoms with Gasteiger partial charge in [-0.25, -0.2) is 4.68 Å². The van der Waals surface area contributed by atoms with Crippen molar-refractivity contribution in [1.29, 1.82) is 0 Å². The largest absolute Gasteiger partial charge is 0.396 e. The van der Waals surface area contributed by atoms with Gasteiger partial charge in [-0.2, -0.15) is 5.10 Å². The van der Waals surface area contributed by atoms with Gasteiger partial charge in [0.05, 0.1) is 24.4 Å². The summed E-state index contributed by atoms with van der Waals surface area (Å²) in [6, 6.07) is 10.9. The molecule has 8 nitrogen and oxygen atoms in total. The molecule has 3 aromatic rings. The maximum Gasteiger partial charge on any atom is 0.270 e. The van der Waals surface area contributed by atoms with Crippen molar-refractivity contribution in [2.24, 2.45) is 0 Å². The van der Waals surface area contributed by atoms with Gasteiger partial charge in [-0.3, -0.25) is 9.78 Å². The van der Waals surface area contributed by atoms with Crippen LogP contribution in [0.2, 0.25) is 0 Å². The van der Waals surface area contributed by atoms with E-state index in [1.54, 1.807) is 23.1 Å². The topological polar surface area (TPSA) is 121 Å². The highest BCUT2D eigenvalue weighted by Crippen LogP contribution is 2.17. The van der Waals surface area contributed by atoms with Gasteiger partial charge in [0.15, 0.2) is 0 Å². The van der Waals surface area contributed by atoms with E-state index in [0.29, 0.717) is 6.42 Å². The fourth-order valence-corrected chi connectivity index (χ4v) is 3.16. The lowest BCUT2D eigenvalue weighted by molar-refractivity contribution is 0.0494. The van der Waals surface area contributed by atoms with Crippen LogP contribution in [0, 0.1) is 6.92 Å². The molecule has 0 fully saturated rings. The lowest BCUT2D eigenvalue weighted by Gasteiger charge is -2.22. The van der Waals surface area contributed by atoms with Crippen LogP contribution in [0.4, 0.5) is 0 Å². The first kappa shape index (κ1) is 21.6. The Balaban J connectivity index is 1.74. The zero-order chi connectivity index (χ0) is 21.5. The van der Waals surface area contributed by atoms with Crippen molar-refractivity contribution >= 4 is 5.91 Å². The Bertz CT molecular complexity index is 958. The Kier molecular flexibility index (Phi) is 7.29. The molecule has 0 spiro atoms. The average Bonchev–Trinajstić information content (AvgIpc) is 3.29. The molecular formula is C22H26N4O4. The van der Waals surface area contributed by atoms with E-state index in [4.69, 9.17) is 10.2 Å². The molecule has 30 heavy (non-hydrogen) atoms. The number of nitrogens with zero attached hydrogens (tertiary/aromatic N) is 3. The van der Waals surface area contributed by atoms with Crippen LogP contribution >= 0.6 is 0 Å². The molecule has 0 aliphatic carbocycles. The van der Waals surface area contributed by atoms with Crippen LogP contribution in [-0.2, 0) is 6.42 Å². The first-order valence-electron chi connectivity index (χ1n) is 9.77. The predicted molar refractivity (Wildman–Crippen MR) is 111 cm³/mol. The van der Waals surface area contributed by atoms with Gasteiger partial charge < -0.3 is 20.6 Å². The number of aliphatic hydroxyl groups is 3. The van der Waals surface area contributed by atoms with E-state index in [1.165, 1.54) is 0 Å². The number of hydrogen-bond donors (Lipinski definition) is 4. The second-order valence-corrected chi connectivity index (χ2v) is 7.13. The molecule has 0 saturated heterocycles. The summed E-state index contributed by atoms with van der Waals surface area (Å²) in [5.74, 6) is -0.462. The summed E-state index contributed by atoms with van der Waals surface area (Å²) < 4.78 is 1.79. The standard InChI is InChI=1S/C22H26N4O4/c1-15-13-23-20(22(30)25-19(7-10-27)21(29)14-28)12-17(15)11-16-3-5-18(6-4-16)26-9-2-8-24-26/h2-6,8-9,12-13,19,21,27-29H,7,10-11,14H2,1H3,(H,25,30)/t19-,21-/m0/s1. The monoisotopic (exact) mass is 410 g/mol. The summed E-state index contributed by atoms with van der Waals surface area (Å²) in [6.07, 6.45) is 4.86. The molecule has 0 bridgehead atoms. The quantitative estimate of drug-likeness (QED) is 0.418. The number of benzene rings is 1. The van der Waals surface area contributed by atoms with Gasteiger partial charge in [0.1, 0.15) is 5.69 Å². The summed E-state index contributed by atoms with van der Waals surface area (Å²) in [7, 11) is 0. The highest BCUT2D eigenvalue weighted by Gasteiger charge is 2.21. The van der Waals surface area contributed by atoms with Gasteiger partial charge in [0.2, 0.25) is 0 Å². The smallest absolute Gasteiger partial charge is 0.270 e. The van der Waals surface area contributed by atoms with E-state index in [2.05, 4.69) is 15.4 Å². The molecule has 2 atom stereocenters. The van der Waals surface area contributed by atoms with Crippen molar-refractivity contribution in [3.63, 3.8) is 0 Å². The number of rotatable bonds is 9. The number of nitrogens with one attached hydrogen (secondary N) is 1. The van der Waals surface area contributed by atoms with Gasteiger partial charge in [-0.05, 0) is 60.7 Å². The molecule has 0 aliphatic heterocycles. The minimum Gasteiger partial charge on any atom is -0.396 e. The van der Waals surface area contributed by atoms with Crippen LogP contribution in [0.1, 0.15) is 33.6 Å². The molecule has 1 aromatic carbocycles. The first-order valence-corrected chi connectivity index (χ1v) is 9.77. The third-order valence-corrected chi connectivity index (χ3v) is 4.96. The van der Waals surface area contributed by atoms with E-state index < -0.39 is 24.7 Å². The molecule has 0 unspecified atom stereocenters. The Hall–Kier alpha value is -3.07. The summed E-state index contributed by atoms with van der Waals surface area (Å²) in [4.78, 5) is 16.8. The number of amides is 1. The zero-order valence-corrected chi connectivity index (χ0v) is 16.8. The lowest BCUT2D eigenvalue weighted by atomic mass is 10.0. The van der Waals surface area contributed by atoms with E-state index >= 15 is 0 Å². The van der Waals surface area contributed by atoms with Gasteiger partial charge in [0.25, 0.3) is 5.91 Å². The average molecular weight is 410 g/mol. The SMILES string of the molecule is Cc1cnc(C(=O)N[C@@H](CCO)[C@@H](O)CO)cc1Cc1ccc(-n2cccn2)cc1. The second kappa shape index (κ2) is 10.1. The van der Waals surface area contributed by atoms with E-state index in [0.717, 1.165) is 22.4 Å². The van der Waals surface area contributed by atoms with Crippen LogP contribution in [0.5, 0.6) is 0 Å². The molecule has 158 valence electrons. The number of hydrogen-bond acceptors (Lipinski definition) is 6. The highest BCUT2D eigenvalue weighted by molar-refractivity contribution is 5.92. The highest BCUT2D eigenvalue weighted by atomic mass is 16.3. The summed E-state index contributed by atoms with van der Waals surface area (Å²) in [6.45, 7) is 1.21. The van der Waals surface area contributed by atoms with Crippen molar-refractivity contribution < 1.29 is 20.1 Å². The second-order valence-electron chi connectivity index (χ2n) is 7.13. The first-order chi connectivity index (χ1) is 14.5. The van der Waals surface area contributed by atoms with Gasteiger partial charge in [-0.1, -0.05) is 12.1 Å². The Morgan fingerprint density at radius 1 is 1.23 bits per heavy atom.